The molecule has 0 unspecified atom stereocenters. The molecule has 0 aliphatic carbocycles. The molecule has 2 aromatic rings. The Morgan fingerprint density at radius 3 is 2.55 bits per heavy atom. The summed E-state index contributed by atoms with van der Waals surface area (Å²) >= 11 is 7.29. The first-order chi connectivity index (χ1) is 9.33. The maximum absolute atomic E-state index is 12.3. The molecule has 0 atom stereocenters. The molecule has 2 rings (SSSR count). The van der Waals surface area contributed by atoms with Gasteiger partial charge in [-0.1, -0.05) is 17.7 Å². The molecule has 0 fully saturated rings. The van der Waals surface area contributed by atoms with Gasteiger partial charge in [0.2, 0.25) is 0 Å². The zero-order valence-electron chi connectivity index (χ0n) is 11.0. The molecular weight excluding hydrogens is 318 g/mol. The Morgan fingerprint density at radius 1 is 1.30 bits per heavy atom. The zero-order chi connectivity index (χ0) is 14.9. The molecule has 0 bridgehead atoms. The van der Waals surface area contributed by atoms with Gasteiger partial charge in [-0.3, -0.25) is 4.72 Å². The molecule has 1 aromatic carbocycles. The number of aryl methyl sites for hydroxylation is 2. The first-order valence-electron chi connectivity index (χ1n) is 5.82. The fourth-order valence-electron chi connectivity index (χ4n) is 1.77. The third-order valence-electron chi connectivity index (χ3n) is 2.74. The van der Waals surface area contributed by atoms with E-state index in [1.54, 1.807) is 25.1 Å². The first kappa shape index (κ1) is 15.3. The Kier molecular flexibility index (Phi) is 4.39. The Bertz CT molecular complexity index is 738. The zero-order valence-corrected chi connectivity index (χ0v) is 13.4. The van der Waals surface area contributed by atoms with Gasteiger partial charge < -0.3 is 5.11 Å². The summed E-state index contributed by atoms with van der Waals surface area (Å²) in [5.74, 6) is 0. The van der Waals surface area contributed by atoms with E-state index >= 15 is 0 Å². The van der Waals surface area contributed by atoms with Crippen molar-refractivity contribution in [2.45, 2.75) is 25.3 Å². The van der Waals surface area contributed by atoms with Crippen LogP contribution in [0.3, 0.4) is 0 Å². The lowest BCUT2D eigenvalue weighted by Crippen LogP contribution is -2.13. The number of anilines is 1. The van der Waals surface area contributed by atoms with Crippen LogP contribution in [0.5, 0.6) is 0 Å². The highest BCUT2D eigenvalue weighted by atomic mass is 35.5. The van der Waals surface area contributed by atoms with Crippen LogP contribution in [0.15, 0.2) is 29.2 Å². The standard InChI is InChI=1S/C13H14ClNO3S2/c1-8-3-4-12(11(14)5-8)15-20(17,18)13-6-10(7-16)19-9(13)2/h3-6,15-16H,7H2,1-2H3. The normalized spacial score (nSPS) is 11.6. The van der Waals surface area contributed by atoms with E-state index in [1.165, 1.54) is 17.4 Å². The molecule has 1 heterocycles. The van der Waals surface area contributed by atoms with Crippen molar-refractivity contribution in [3.05, 3.63) is 44.6 Å². The second kappa shape index (κ2) is 5.73. The summed E-state index contributed by atoms with van der Waals surface area (Å²) in [4.78, 5) is 1.41. The Morgan fingerprint density at radius 2 is 2.00 bits per heavy atom. The maximum atomic E-state index is 12.3. The lowest BCUT2D eigenvalue weighted by molar-refractivity contribution is 0.285. The van der Waals surface area contributed by atoms with Crippen LogP contribution in [-0.4, -0.2) is 13.5 Å². The van der Waals surface area contributed by atoms with Crippen LogP contribution >= 0.6 is 22.9 Å². The van der Waals surface area contributed by atoms with Gasteiger partial charge in [0.1, 0.15) is 4.90 Å². The minimum atomic E-state index is -3.70. The largest absolute Gasteiger partial charge is 0.391 e. The minimum absolute atomic E-state index is 0.170. The lowest BCUT2D eigenvalue weighted by Gasteiger charge is -2.09. The number of nitrogens with one attached hydrogen (secondary N) is 1. The first-order valence-corrected chi connectivity index (χ1v) is 8.50. The number of thiophene rings is 1. The average Bonchev–Trinajstić information content (AvgIpc) is 2.75. The summed E-state index contributed by atoms with van der Waals surface area (Å²) in [5.41, 5.74) is 1.29. The molecular formula is C13H14ClNO3S2. The third-order valence-corrected chi connectivity index (χ3v) is 5.71. The van der Waals surface area contributed by atoms with Gasteiger partial charge in [0.25, 0.3) is 10.0 Å². The minimum Gasteiger partial charge on any atom is -0.391 e. The molecule has 1 aromatic heterocycles. The SMILES string of the molecule is Cc1ccc(NS(=O)(=O)c2cc(CO)sc2C)c(Cl)c1. The Hall–Kier alpha value is -1.08. The molecule has 0 amide bonds. The Balaban J connectivity index is 2.38. The number of hydrogen-bond acceptors (Lipinski definition) is 4. The van der Waals surface area contributed by atoms with Crippen molar-refractivity contribution in [1.29, 1.82) is 0 Å². The van der Waals surface area contributed by atoms with Gasteiger partial charge in [-0.05, 0) is 37.6 Å². The van der Waals surface area contributed by atoms with Crippen LogP contribution in [0, 0.1) is 13.8 Å². The van der Waals surface area contributed by atoms with Crippen LogP contribution in [0.4, 0.5) is 5.69 Å². The van der Waals surface area contributed by atoms with Crippen molar-refractivity contribution in [1.82, 2.24) is 0 Å². The monoisotopic (exact) mass is 331 g/mol. The summed E-state index contributed by atoms with van der Waals surface area (Å²) in [6, 6.07) is 6.58. The van der Waals surface area contributed by atoms with E-state index in [2.05, 4.69) is 4.72 Å². The topological polar surface area (TPSA) is 66.4 Å². The molecule has 108 valence electrons. The summed E-state index contributed by atoms with van der Waals surface area (Å²) in [7, 11) is -3.70. The molecule has 0 spiro atoms. The highest BCUT2D eigenvalue weighted by Gasteiger charge is 2.20. The molecule has 4 nitrogen and oxygen atoms in total. The van der Waals surface area contributed by atoms with E-state index in [0.717, 1.165) is 5.56 Å². The van der Waals surface area contributed by atoms with Gasteiger partial charge in [0, 0.05) is 9.75 Å². The molecule has 0 radical (unpaired) electrons. The van der Waals surface area contributed by atoms with Gasteiger partial charge in [0.05, 0.1) is 17.3 Å². The summed E-state index contributed by atoms with van der Waals surface area (Å²) < 4.78 is 27.2. The number of aliphatic hydroxyl groups is 1. The number of halogens is 1. The fourth-order valence-corrected chi connectivity index (χ4v) is 4.69. The van der Waals surface area contributed by atoms with Crippen molar-refractivity contribution in [2.75, 3.05) is 4.72 Å². The van der Waals surface area contributed by atoms with Gasteiger partial charge in [0.15, 0.2) is 0 Å². The molecule has 0 aliphatic heterocycles. The second-order valence-corrected chi connectivity index (χ2v) is 7.78. The molecule has 7 heteroatoms. The van der Waals surface area contributed by atoms with E-state index in [0.29, 0.717) is 20.5 Å². The van der Waals surface area contributed by atoms with E-state index in [9.17, 15) is 8.42 Å². The van der Waals surface area contributed by atoms with Gasteiger partial charge in [-0.25, -0.2) is 8.42 Å². The average molecular weight is 332 g/mol. The Labute approximate surface area is 127 Å². The van der Waals surface area contributed by atoms with Gasteiger partial charge in [-0.2, -0.15) is 0 Å². The van der Waals surface area contributed by atoms with Crippen molar-refractivity contribution < 1.29 is 13.5 Å². The summed E-state index contributed by atoms with van der Waals surface area (Å²) in [6.45, 7) is 3.40. The number of benzene rings is 1. The van der Waals surface area contributed by atoms with Crippen LogP contribution < -0.4 is 4.72 Å². The smallest absolute Gasteiger partial charge is 0.263 e. The summed E-state index contributed by atoms with van der Waals surface area (Å²) in [6.07, 6.45) is 0. The van der Waals surface area contributed by atoms with Crippen molar-refractivity contribution in [2.24, 2.45) is 0 Å². The number of sulfonamides is 1. The second-order valence-electron chi connectivity index (χ2n) is 4.38. The lowest BCUT2D eigenvalue weighted by atomic mass is 10.2. The number of rotatable bonds is 4. The van der Waals surface area contributed by atoms with Gasteiger partial charge >= 0.3 is 0 Å². The van der Waals surface area contributed by atoms with Gasteiger partial charge in [-0.15, -0.1) is 11.3 Å². The predicted molar refractivity (Wildman–Crippen MR) is 82.0 cm³/mol. The van der Waals surface area contributed by atoms with Crippen molar-refractivity contribution in [3.63, 3.8) is 0 Å². The van der Waals surface area contributed by atoms with Crippen LogP contribution in [0.25, 0.3) is 0 Å². The highest BCUT2D eigenvalue weighted by Crippen LogP contribution is 2.30. The van der Waals surface area contributed by atoms with Crippen LogP contribution in [-0.2, 0) is 16.6 Å². The third kappa shape index (κ3) is 3.15. The van der Waals surface area contributed by atoms with E-state index in [-0.39, 0.29) is 11.5 Å². The van der Waals surface area contributed by atoms with Crippen molar-refractivity contribution >= 4 is 38.6 Å². The fraction of sp³-hybridized carbons (Fsp3) is 0.231. The van der Waals surface area contributed by atoms with E-state index < -0.39 is 10.0 Å². The van der Waals surface area contributed by atoms with Crippen LogP contribution in [0.1, 0.15) is 15.3 Å². The maximum Gasteiger partial charge on any atom is 0.263 e. The molecule has 2 N–H and O–H groups in total. The summed E-state index contributed by atoms with van der Waals surface area (Å²) in [5, 5.41) is 9.43. The molecule has 0 saturated heterocycles. The van der Waals surface area contributed by atoms with Crippen molar-refractivity contribution in [3.8, 4) is 0 Å². The highest BCUT2D eigenvalue weighted by molar-refractivity contribution is 7.93. The van der Waals surface area contributed by atoms with Crippen LogP contribution in [0.2, 0.25) is 5.02 Å². The molecule has 20 heavy (non-hydrogen) atoms. The number of aliphatic hydroxyl groups excluding tert-OH is 1. The quantitative estimate of drug-likeness (QED) is 0.903. The predicted octanol–water partition coefficient (Wildman–Crippen LogP) is 3.31. The van der Waals surface area contributed by atoms with E-state index in [1.807, 2.05) is 6.92 Å². The molecule has 0 saturated carbocycles. The molecule has 0 aliphatic rings. The van der Waals surface area contributed by atoms with E-state index in [4.69, 9.17) is 16.7 Å². The number of hydrogen-bond donors (Lipinski definition) is 2.